The van der Waals surface area contributed by atoms with E-state index in [4.69, 9.17) is 0 Å². The van der Waals surface area contributed by atoms with Crippen molar-refractivity contribution in [1.82, 2.24) is 10.3 Å². The number of carbonyl (C=O) groups excluding carboxylic acids is 1. The summed E-state index contributed by atoms with van der Waals surface area (Å²) in [5.41, 5.74) is 2.84. The van der Waals surface area contributed by atoms with Gasteiger partial charge in [-0.05, 0) is 50.3 Å². The number of hydrogen-bond donors (Lipinski definition) is 1. The molecule has 0 unspecified atom stereocenters. The molecule has 0 atom stereocenters. The van der Waals surface area contributed by atoms with E-state index in [0.717, 1.165) is 33.3 Å². The third kappa shape index (κ3) is 2.90. The SMILES string of the molecule is Cc1nc(C)c(-c2cccc(C(=O)NCC3CC3)c2)s1. The number of aryl methyl sites for hydroxylation is 2. The lowest BCUT2D eigenvalue weighted by Crippen LogP contribution is -2.25. The maximum atomic E-state index is 12.1. The van der Waals surface area contributed by atoms with Gasteiger partial charge in [-0.3, -0.25) is 4.79 Å². The van der Waals surface area contributed by atoms with Crippen molar-refractivity contribution in [2.24, 2.45) is 5.92 Å². The van der Waals surface area contributed by atoms with Crippen LogP contribution in [0.5, 0.6) is 0 Å². The number of nitrogens with zero attached hydrogens (tertiary/aromatic N) is 1. The van der Waals surface area contributed by atoms with E-state index in [-0.39, 0.29) is 5.91 Å². The maximum absolute atomic E-state index is 12.1. The van der Waals surface area contributed by atoms with Crippen LogP contribution < -0.4 is 5.32 Å². The first-order valence-electron chi connectivity index (χ1n) is 6.96. The highest BCUT2D eigenvalue weighted by molar-refractivity contribution is 7.15. The molecule has 3 nitrogen and oxygen atoms in total. The molecular formula is C16H18N2OS. The predicted octanol–water partition coefficient (Wildman–Crippen LogP) is 3.57. The summed E-state index contributed by atoms with van der Waals surface area (Å²) in [6.45, 7) is 4.83. The molecule has 1 saturated carbocycles. The van der Waals surface area contributed by atoms with Gasteiger partial charge in [0.25, 0.3) is 5.91 Å². The topological polar surface area (TPSA) is 42.0 Å². The van der Waals surface area contributed by atoms with Crippen LogP contribution in [0.4, 0.5) is 0 Å². The Morgan fingerprint density at radius 2 is 2.20 bits per heavy atom. The zero-order valence-electron chi connectivity index (χ0n) is 11.8. The fourth-order valence-electron chi connectivity index (χ4n) is 2.26. The molecule has 0 bridgehead atoms. The second-order valence-corrected chi connectivity index (χ2v) is 6.58. The summed E-state index contributed by atoms with van der Waals surface area (Å²) in [6.07, 6.45) is 2.50. The second kappa shape index (κ2) is 5.37. The molecule has 0 spiro atoms. The summed E-state index contributed by atoms with van der Waals surface area (Å²) < 4.78 is 0. The molecule has 1 heterocycles. The third-order valence-corrected chi connectivity index (χ3v) is 4.66. The van der Waals surface area contributed by atoms with Crippen LogP contribution in [0, 0.1) is 19.8 Å². The summed E-state index contributed by atoms with van der Waals surface area (Å²) in [5, 5.41) is 4.06. The van der Waals surface area contributed by atoms with Crippen LogP contribution in [-0.4, -0.2) is 17.4 Å². The van der Waals surface area contributed by atoms with Crippen LogP contribution in [0.3, 0.4) is 0 Å². The number of hydrogen-bond acceptors (Lipinski definition) is 3. The molecule has 0 aliphatic heterocycles. The molecule has 1 amide bonds. The highest BCUT2D eigenvalue weighted by Gasteiger charge is 2.22. The first-order chi connectivity index (χ1) is 9.63. The van der Waals surface area contributed by atoms with Crippen LogP contribution in [0.1, 0.15) is 33.9 Å². The van der Waals surface area contributed by atoms with Gasteiger partial charge >= 0.3 is 0 Å². The molecule has 20 heavy (non-hydrogen) atoms. The summed E-state index contributed by atoms with van der Waals surface area (Å²) in [6, 6.07) is 7.81. The van der Waals surface area contributed by atoms with Crippen LogP contribution in [0.15, 0.2) is 24.3 Å². The smallest absolute Gasteiger partial charge is 0.251 e. The maximum Gasteiger partial charge on any atom is 0.251 e. The van der Waals surface area contributed by atoms with Crippen molar-refractivity contribution in [3.05, 3.63) is 40.5 Å². The Balaban J connectivity index is 1.81. The standard InChI is InChI=1S/C16H18N2OS/c1-10-15(20-11(2)18-10)13-4-3-5-14(8-13)16(19)17-9-12-6-7-12/h3-5,8,12H,6-7,9H2,1-2H3,(H,17,19). The van der Waals surface area contributed by atoms with Gasteiger partial charge in [-0.1, -0.05) is 12.1 Å². The third-order valence-electron chi connectivity index (χ3n) is 3.54. The van der Waals surface area contributed by atoms with Crippen molar-refractivity contribution < 1.29 is 4.79 Å². The number of carbonyl (C=O) groups is 1. The predicted molar refractivity (Wildman–Crippen MR) is 82.1 cm³/mol. The number of aromatic nitrogens is 1. The van der Waals surface area contributed by atoms with Gasteiger partial charge in [-0.2, -0.15) is 0 Å². The highest BCUT2D eigenvalue weighted by Crippen LogP contribution is 2.30. The molecule has 1 aromatic heterocycles. The average Bonchev–Trinajstić information content (AvgIpc) is 3.20. The molecule has 0 radical (unpaired) electrons. The summed E-state index contributed by atoms with van der Waals surface area (Å²) >= 11 is 1.67. The van der Waals surface area contributed by atoms with Gasteiger partial charge in [0, 0.05) is 12.1 Å². The van der Waals surface area contributed by atoms with Crippen molar-refractivity contribution in [2.75, 3.05) is 6.54 Å². The molecular weight excluding hydrogens is 268 g/mol. The summed E-state index contributed by atoms with van der Waals surface area (Å²) in [4.78, 5) is 17.7. The lowest BCUT2D eigenvalue weighted by molar-refractivity contribution is 0.0952. The van der Waals surface area contributed by atoms with Gasteiger partial charge in [0.15, 0.2) is 0 Å². The first kappa shape index (κ1) is 13.3. The molecule has 1 aromatic carbocycles. The molecule has 2 aromatic rings. The van der Waals surface area contributed by atoms with Crippen LogP contribution >= 0.6 is 11.3 Å². The number of benzene rings is 1. The van der Waals surface area contributed by atoms with Crippen molar-refractivity contribution in [2.45, 2.75) is 26.7 Å². The molecule has 1 aliphatic rings. The fourth-order valence-corrected chi connectivity index (χ4v) is 3.18. The molecule has 1 aliphatic carbocycles. The van der Waals surface area contributed by atoms with E-state index in [2.05, 4.69) is 10.3 Å². The number of nitrogens with one attached hydrogen (secondary N) is 1. The Morgan fingerprint density at radius 1 is 1.40 bits per heavy atom. The minimum absolute atomic E-state index is 0.0256. The number of thiazole rings is 1. The molecule has 0 saturated heterocycles. The molecule has 1 fully saturated rings. The van der Waals surface area contributed by atoms with Gasteiger partial charge in [0.05, 0.1) is 15.6 Å². The fraction of sp³-hybridized carbons (Fsp3) is 0.375. The minimum Gasteiger partial charge on any atom is -0.352 e. The quantitative estimate of drug-likeness (QED) is 0.933. The van der Waals surface area contributed by atoms with E-state index >= 15 is 0 Å². The lowest BCUT2D eigenvalue weighted by atomic mass is 10.1. The number of amides is 1. The van der Waals surface area contributed by atoms with Gasteiger partial charge < -0.3 is 5.32 Å². The minimum atomic E-state index is 0.0256. The Hall–Kier alpha value is -1.68. The summed E-state index contributed by atoms with van der Waals surface area (Å²) in [7, 11) is 0. The number of rotatable bonds is 4. The van der Waals surface area contributed by atoms with E-state index in [1.165, 1.54) is 12.8 Å². The lowest BCUT2D eigenvalue weighted by Gasteiger charge is -2.06. The Labute approximate surface area is 123 Å². The molecule has 4 heteroatoms. The van der Waals surface area contributed by atoms with E-state index in [9.17, 15) is 4.79 Å². The Morgan fingerprint density at radius 3 is 2.85 bits per heavy atom. The zero-order valence-corrected chi connectivity index (χ0v) is 12.6. The Kier molecular flexibility index (Phi) is 3.57. The molecule has 104 valence electrons. The van der Waals surface area contributed by atoms with Gasteiger partial charge in [-0.25, -0.2) is 4.98 Å². The summed E-state index contributed by atoms with van der Waals surface area (Å²) in [5.74, 6) is 0.728. The largest absolute Gasteiger partial charge is 0.352 e. The van der Waals surface area contributed by atoms with Crippen LogP contribution in [-0.2, 0) is 0 Å². The van der Waals surface area contributed by atoms with E-state index in [0.29, 0.717) is 5.92 Å². The van der Waals surface area contributed by atoms with E-state index in [1.54, 1.807) is 11.3 Å². The molecule has 1 N–H and O–H groups in total. The van der Waals surface area contributed by atoms with E-state index < -0.39 is 0 Å². The van der Waals surface area contributed by atoms with Gasteiger partial charge in [-0.15, -0.1) is 11.3 Å². The van der Waals surface area contributed by atoms with E-state index in [1.807, 2.05) is 38.1 Å². The highest BCUT2D eigenvalue weighted by atomic mass is 32.1. The Bertz CT molecular complexity index is 644. The van der Waals surface area contributed by atoms with Crippen molar-refractivity contribution >= 4 is 17.2 Å². The average molecular weight is 286 g/mol. The van der Waals surface area contributed by atoms with Gasteiger partial charge in [0.2, 0.25) is 0 Å². The van der Waals surface area contributed by atoms with Crippen LogP contribution in [0.2, 0.25) is 0 Å². The molecule has 3 rings (SSSR count). The monoisotopic (exact) mass is 286 g/mol. The zero-order chi connectivity index (χ0) is 14.1. The first-order valence-corrected chi connectivity index (χ1v) is 7.78. The van der Waals surface area contributed by atoms with Crippen molar-refractivity contribution in [1.29, 1.82) is 0 Å². The normalized spacial score (nSPS) is 14.3. The van der Waals surface area contributed by atoms with Crippen molar-refractivity contribution in [3.8, 4) is 10.4 Å². The second-order valence-electron chi connectivity index (χ2n) is 5.38. The van der Waals surface area contributed by atoms with Gasteiger partial charge in [0.1, 0.15) is 0 Å². The van der Waals surface area contributed by atoms with Crippen molar-refractivity contribution in [3.63, 3.8) is 0 Å². The van der Waals surface area contributed by atoms with Crippen LogP contribution in [0.25, 0.3) is 10.4 Å².